The van der Waals surface area contributed by atoms with E-state index >= 15 is 0 Å². The van der Waals surface area contributed by atoms with Crippen LogP contribution in [0.1, 0.15) is 18.9 Å². The first kappa shape index (κ1) is 17.7. The van der Waals surface area contributed by atoms with Crippen LogP contribution in [0.5, 0.6) is 0 Å². The maximum atomic E-state index is 13.5. The summed E-state index contributed by atoms with van der Waals surface area (Å²) in [7, 11) is 0. The van der Waals surface area contributed by atoms with Gasteiger partial charge in [0, 0.05) is 37.1 Å². The molecule has 126 valence electrons. The zero-order chi connectivity index (χ0) is 16.8. The summed E-state index contributed by atoms with van der Waals surface area (Å²) in [5.74, 6) is 0.113. The first-order valence-corrected chi connectivity index (χ1v) is 8.72. The number of hydrogen-bond donors (Lipinski definition) is 1. The minimum Gasteiger partial charge on any atom is -0.345 e. The molecule has 1 heterocycles. The smallest absolute Gasteiger partial charge is 0.244 e. The predicted octanol–water partition coefficient (Wildman–Crippen LogP) is 1.98. The van der Waals surface area contributed by atoms with E-state index in [0.29, 0.717) is 13.1 Å². The normalized spacial score (nSPS) is 16.0. The minimum atomic E-state index is -0.659. The Labute approximate surface area is 138 Å². The molecule has 4 nitrogen and oxygen atoms in total. The summed E-state index contributed by atoms with van der Waals surface area (Å²) in [5.41, 5.74) is 0.286. The summed E-state index contributed by atoms with van der Waals surface area (Å²) in [6, 6.07) is 2.70. The molecular formula is C16H20F2N2O2S. The molecule has 0 radical (unpaired) electrons. The van der Waals surface area contributed by atoms with E-state index in [-0.39, 0.29) is 30.2 Å². The topological polar surface area (TPSA) is 49.4 Å². The summed E-state index contributed by atoms with van der Waals surface area (Å²) >= 11 is 1.81. The molecule has 0 saturated carbocycles. The highest BCUT2D eigenvalue weighted by atomic mass is 32.2. The van der Waals surface area contributed by atoms with E-state index < -0.39 is 17.7 Å². The number of nitrogens with one attached hydrogen (secondary N) is 1. The Morgan fingerprint density at radius 3 is 2.65 bits per heavy atom. The highest BCUT2D eigenvalue weighted by Gasteiger charge is 2.23. The van der Waals surface area contributed by atoms with Crippen molar-refractivity contribution in [1.29, 1.82) is 0 Å². The highest BCUT2D eigenvalue weighted by Crippen LogP contribution is 2.12. The van der Waals surface area contributed by atoms with Crippen molar-refractivity contribution < 1.29 is 18.4 Å². The lowest BCUT2D eigenvalue weighted by Gasteiger charge is -2.29. The van der Waals surface area contributed by atoms with Crippen LogP contribution in [0, 0.1) is 11.6 Å². The summed E-state index contributed by atoms with van der Waals surface area (Å²) in [5, 5.41) is 2.64. The molecule has 1 saturated heterocycles. The number of amides is 2. The van der Waals surface area contributed by atoms with Crippen LogP contribution in [0.4, 0.5) is 8.78 Å². The van der Waals surface area contributed by atoms with Crippen molar-refractivity contribution in [3.63, 3.8) is 0 Å². The van der Waals surface area contributed by atoms with Gasteiger partial charge < -0.3 is 10.2 Å². The second kappa shape index (κ2) is 8.29. The Morgan fingerprint density at radius 1 is 1.30 bits per heavy atom. The van der Waals surface area contributed by atoms with Gasteiger partial charge in [0.1, 0.15) is 17.7 Å². The number of carbonyl (C=O) groups is 2. The molecule has 1 N–H and O–H groups in total. The fourth-order valence-corrected chi connectivity index (χ4v) is 3.31. The van der Waals surface area contributed by atoms with E-state index in [1.54, 1.807) is 23.6 Å². The van der Waals surface area contributed by atoms with E-state index in [1.807, 2.05) is 0 Å². The van der Waals surface area contributed by atoms with E-state index in [4.69, 9.17) is 0 Å². The second-order valence-corrected chi connectivity index (χ2v) is 6.69. The van der Waals surface area contributed by atoms with Crippen LogP contribution in [0.3, 0.4) is 0 Å². The van der Waals surface area contributed by atoms with E-state index in [0.717, 1.165) is 23.6 Å². The van der Waals surface area contributed by atoms with Gasteiger partial charge in [0.25, 0.3) is 0 Å². The molecule has 1 aliphatic rings. The zero-order valence-electron chi connectivity index (χ0n) is 13.0. The number of thioether (sulfide) groups is 1. The van der Waals surface area contributed by atoms with Gasteiger partial charge in [-0.3, -0.25) is 9.59 Å². The quantitative estimate of drug-likeness (QED) is 0.890. The fourth-order valence-electron chi connectivity index (χ4n) is 2.41. The van der Waals surface area contributed by atoms with Crippen LogP contribution in [-0.2, 0) is 16.0 Å². The van der Waals surface area contributed by atoms with Gasteiger partial charge in [0.2, 0.25) is 11.8 Å². The lowest BCUT2D eigenvalue weighted by Crippen LogP contribution is -2.49. The summed E-state index contributed by atoms with van der Waals surface area (Å²) < 4.78 is 26.3. The molecule has 1 fully saturated rings. The molecule has 0 aromatic heterocycles. The monoisotopic (exact) mass is 342 g/mol. The molecule has 2 rings (SSSR count). The van der Waals surface area contributed by atoms with Gasteiger partial charge in [-0.1, -0.05) is 6.07 Å². The van der Waals surface area contributed by atoms with Crippen molar-refractivity contribution in [3.8, 4) is 0 Å². The van der Waals surface area contributed by atoms with Crippen LogP contribution >= 0.6 is 11.8 Å². The standard InChI is InChI=1S/C16H20F2N2O2S/c1-11(16(22)20-6-8-23-9-7-20)19-15(21)5-3-12-2-4-13(17)10-14(12)18/h2,4,10-11H,3,5-9H2,1H3,(H,19,21)/t11-/m1/s1. The van der Waals surface area contributed by atoms with E-state index in [1.165, 1.54) is 6.07 Å². The molecule has 1 aromatic rings. The lowest BCUT2D eigenvalue weighted by atomic mass is 10.1. The number of hydrogen-bond acceptors (Lipinski definition) is 3. The number of carbonyl (C=O) groups excluding carboxylic acids is 2. The number of halogens is 2. The Balaban J connectivity index is 1.80. The maximum Gasteiger partial charge on any atom is 0.244 e. The first-order valence-electron chi connectivity index (χ1n) is 7.57. The molecule has 0 unspecified atom stereocenters. The largest absolute Gasteiger partial charge is 0.345 e. The average Bonchev–Trinajstić information content (AvgIpc) is 2.54. The van der Waals surface area contributed by atoms with Crippen molar-refractivity contribution in [3.05, 3.63) is 35.4 Å². The third kappa shape index (κ3) is 5.20. The molecule has 0 bridgehead atoms. The van der Waals surface area contributed by atoms with Crippen LogP contribution in [0.15, 0.2) is 18.2 Å². The zero-order valence-corrected chi connectivity index (χ0v) is 13.8. The van der Waals surface area contributed by atoms with E-state index in [2.05, 4.69) is 5.32 Å². The van der Waals surface area contributed by atoms with Crippen molar-refractivity contribution in [2.45, 2.75) is 25.8 Å². The highest BCUT2D eigenvalue weighted by molar-refractivity contribution is 7.99. The molecule has 7 heteroatoms. The van der Waals surface area contributed by atoms with E-state index in [9.17, 15) is 18.4 Å². The predicted molar refractivity (Wildman–Crippen MR) is 86.2 cm³/mol. The molecule has 1 aliphatic heterocycles. The summed E-state index contributed by atoms with van der Waals surface area (Å²) in [6.07, 6.45) is 0.217. The maximum absolute atomic E-state index is 13.5. The molecule has 0 aliphatic carbocycles. The lowest BCUT2D eigenvalue weighted by molar-refractivity contribution is -0.135. The van der Waals surface area contributed by atoms with Gasteiger partial charge in [0.05, 0.1) is 0 Å². The molecule has 2 amide bonds. The minimum absolute atomic E-state index is 0.0516. The van der Waals surface area contributed by atoms with Crippen molar-refractivity contribution >= 4 is 23.6 Å². The van der Waals surface area contributed by atoms with Crippen molar-refractivity contribution in [2.75, 3.05) is 24.6 Å². The van der Waals surface area contributed by atoms with Crippen LogP contribution < -0.4 is 5.32 Å². The number of benzene rings is 1. The second-order valence-electron chi connectivity index (χ2n) is 5.46. The van der Waals surface area contributed by atoms with Gasteiger partial charge in [0.15, 0.2) is 0 Å². The number of rotatable bonds is 5. The summed E-state index contributed by atoms with van der Waals surface area (Å²) in [6.45, 7) is 3.05. The molecule has 1 atom stereocenters. The molecule has 23 heavy (non-hydrogen) atoms. The molecular weight excluding hydrogens is 322 g/mol. The van der Waals surface area contributed by atoms with Crippen LogP contribution in [-0.4, -0.2) is 47.4 Å². The third-order valence-electron chi connectivity index (χ3n) is 3.71. The van der Waals surface area contributed by atoms with Gasteiger partial charge in [-0.25, -0.2) is 8.78 Å². The SMILES string of the molecule is C[C@@H](NC(=O)CCc1ccc(F)cc1F)C(=O)N1CCSCC1. The average molecular weight is 342 g/mol. The van der Waals surface area contributed by atoms with Crippen molar-refractivity contribution in [1.82, 2.24) is 10.2 Å². The Morgan fingerprint density at radius 2 is 2.00 bits per heavy atom. The van der Waals surface area contributed by atoms with Gasteiger partial charge in [-0.2, -0.15) is 11.8 Å². The van der Waals surface area contributed by atoms with Gasteiger partial charge in [-0.15, -0.1) is 0 Å². The third-order valence-corrected chi connectivity index (χ3v) is 4.65. The Kier molecular flexibility index (Phi) is 6.38. The van der Waals surface area contributed by atoms with Crippen LogP contribution in [0.2, 0.25) is 0 Å². The fraction of sp³-hybridized carbons (Fsp3) is 0.500. The summed E-state index contributed by atoms with van der Waals surface area (Å²) in [4.78, 5) is 25.9. The Bertz CT molecular complexity index is 577. The van der Waals surface area contributed by atoms with Gasteiger partial charge >= 0.3 is 0 Å². The first-order chi connectivity index (χ1) is 11.0. The van der Waals surface area contributed by atoms with Crippen molar-refractivity contribution in [2.24, 2.45) is 0 Å². The van der Waals surface area contributed by atoms with Gasteiger partial charge in [-0.05, 0) is 25.0 Å². The number of aryl methyl sites for hydroxylation is 1. The van der Waals surface area contributed by atoms with Crippen LogP contribution in [0.25, 0.3) is 0 Å². The Hall–Kier alpha value is -1.63. The molecule has 0 spiro atoms. The number of nitrogens with zero attached hydrogens (tertiary/aromatic N) is 1. The molecule has 1 aromatic carbocycles.